The van der Waals surface area contributed by atoms with Gasteiger partial charge in [-0.05, 0) is 25.7 Å². The van der Waals surface area contributed by atoms with Crippen LogP contribution in [0.25, 0.3) is 0 Å². The monoisotopic (exact) mass is 292 g/mol. The second-order valence-electron chi connectivity index (χ2n) is 5.15. The summed E-state index contributed by atoms with van der Waals surface area (Å²) in [7, 11) is 1.66. The van der Waals surface area contributed by atoms with Crippen LogP contribution in [0.4, 0.5) is 11.5 Å². The van der Waals surface area contributed by atoms with Crippen LogP contribution in [-0.2, 0) is 0 Å². The van der Waals surface area contributed by atoms with Crippen molar-refractivity contribution in [3.63, 3.8) is 0 Å². The zero-order chi connectivity index (χ0) is 15.4. The Balaban J connectivity index is 2.38. The standard InChI is InChI=1S/C14H20N4O3/c1-3-10-6-4-5-7-17(10)14(19)11-8-13(15-2)16-9-12(11)18(20)21/h8-10H,3-7H2,1-2H3,(H,15,16). The van der Waals surface area contributed by atoms with Crippen molar-refractivity contribution in [3.8, 4) is 0 Å². The number of nitrogens with one attached hydrogen (secondary N) is 1. The lowest BCUT2D eigenvalue weighted by molar-refractivity contribution is -0.385. The predicted octanol–water partition coefficient (Wildman–Crippen LogP) is 2.44. The van der Waals surface area contributed by atoms with Crippen molar-refractivity contribution < 1.29 is 9.72 Å². The summed E-state index contributed by atoms with van der Waals surface area (Å²) >= 11 is 0. The van der Waals surface area contributed by atoms with Gasteiger partial charge in [0.05, 0.1) is 4.92 Å². The molecule has 114 valence electrons. The maximum Gasteiger partial charge on any atom is 0.300 e. The van der Waals surface area contributed by atoms with Crippen molar-refractivity contribution in [2.45, 2.75) is 38.6 Å². The molecular formula is C14H20N4O3. The fourth-order valence-corrected chi connectivity index (χ4v) is 2.75. The maximum atomic E-state index is 12.7. The number of nitro groups is 1. The molecule has 1 atom stereocenters. The smallest absolute Gasteiger partial charge is 0.300 e. The highest BCUT2D eigenvalue weighted by atomic mass is 16.6. The molecule has 7 nitrogen and oxygen atoms in total. The van der Waals surface area contributed by atoms with E-state index in [0.29, 0.717) is 12.4 Å². The summed E-state index contributed by atoms with van der Waals surface area (Å²) in [5, 5.41) is 13.9. The third kappa shape index (κ3) is 3.12. The maximum absolute atomic E-state index is 12.7. The highest BCUT2D eigenvalue weighted by molar-refractivity contribution is 5.99. The molecule has 0 radical (unpaired) electrons. The van der Waals surface area contributed by atoms with Gasteiger partial charge in [-0.2, -0.15) is 0 Å². The molecule has 0 bridgehead atoms. The van der Waals surface area contributed by atoms with Crippen LogP contribution in [0.2, 0.25) is 0 Å². The average Bonchev–Trinajstić information content (AvgIpc) is 2.53. The first-order valence-electron chi connectivity index (χ1n) is 7.21. The number of carbonyl (C=O) groups excluding carboxylic acids is 1. The van der Waals surface area contributed by atoms with Gasteiger partial charge in [-0.1, -0.05) is 6.92 Å². The predicted molar refractivity (Wildman–Crippen MR) is 79.4 cm³/mol. The van der Waals surface area contributed by atoms with Gasteiger partial charge in [-0.25, -0.2) is 4.98 Å². The van der Waals surface area contributed by atoms with E-state index in [2.05, 4.69) is 10.3 Å². The molecule has 1 N–H and O–H groups in total. The average molecular weight is 292 g/mol. The van der Waals surface area contributed by atoms with Crippen LogP contribution < -0.4 is 5.32 Å². The Hall–Kier alpha value is -2.18. The number of hydrogen-bond donors (Lipinski definition) is 1. The van der Waals surface area contributed by atoms with Gasteiger partial charge in [-0.3, -0.25) is 14.9 Å². The number of aromatic nitrogens is 1. The summed E-state index contributed by atoms with van der Waals surface area (Å²) in [4.78, 5) is 29.0. The van der Waals surface area contributed by atoms with Crippen molar-refractivity contribution >= 4 is 17.4 Å². The van der Waals surface area contributed by atoms with E-state index in [0.717, 1.165) is 31.9 Å². The molecule has 1 fully saturated rings. The Morgan fingerprint density at radius 3 is 2.95 bits per heavy atom. The lowest BCUT2D eigenvalue weighted by atomic mass is 9.98. The van der Waals surface area contributed by atoms with Gasteiger partial charge in [-0.15, -0.1) is 0 Å². The van der Waals surface area contributed by atoms with Gasteiger partial charge in [0.25, 0.3) is 11.6 Å². The molecule has 0 aliphatic carbocycles. The number of anilines is 1. The van der Waals surface area contributed by atoms with E-state index in [1.54, 1.807) is 11.9 Å². The lowest BCUT2D eigenvalue weighted by Gasteiger charge is -2.35. The van der Waals surface area contributed by atoms with Gasteiger partial charge in [0.2, 0.25) is 0 Å². The minimum Gasteiger partial charge on any atom is -0.373 e. The number of amides is 1. The first-order valence-corrected chi connectivity index (χ1v) is 7.21. The van der Waals surface area contributed by atoms with Crippen LogP contribution in [0.5, 0.6) is 0 Å². The second-order valence-corrected chi connectivity index (χ2v) is 5.15. The van der Waals surface area contributed by atoms with E-state index in [4.69, 9.17) is 0 Å². The quantitative estimate of drug-likeness (QED) is 0.680. The molecule has 1 aliphatic rings. The number of piperidine rings is 1. The number of pyridine rings is 1. The van der Waals surface area contributed by atoms with Gasteiger partial charge in [0.1, 0.15) is 17.6 Å². The Kier molecular flexibility index (Phi) is 4.72. The van der Waals surface area contributed by atoms with Crippen molar-refractivity contribution in [2.75, 3.05) is 18.9 Å². The highest BCUT2D eigenvalue weighted by Crippen LogP contribution is 2.26. The summed E-state index contributed by atoms with van der Waals surface area (Å²) in [6, 6.07) is 1.62. The summed E-state index contributed by atoms with van der Waals surface area (Å²) in [6.07, 6.45) is 5.01. The molecule has 1 saturated heterocycles. The Labute approximate surface area is 123 Å². The second kappa shape index (κ2) is 6.51. The molecule has 1 aromatic heterocycles. The summed E-state index contributed by atoms with van der Waals surface area (Å²) < 4.78 is 0. The van der Waals surface area contributed by atoms with Crippen LogP contribution in [0, 0.1) is 10.1 Å². The Morgan fingerprint density at radius 2 is 2.33 bits per heavy atom. The van der Waals surface area contributed by atoms with E-state index in [1.165, 1.54) is 6.07 Å². The number of hydrogen-bond acceptors (Lipinski definition) is 5. The molecule has 21 heavy (non-hydrogen) atoms. The van der Waals surface area contributed by atoms with E-state index >= 15 is 0 Å². The first kappa shape index (κ1) is 15.2. The highest BCUT2D eigenvalue weighted by Gasteiger charge is 2.31. The molecule has 1 unspecified atom stereocenters. The minimum absolute atomic E-state index is 0.111. The fraction of sp³-hybridized carbons (Fsp3) is 0.571. The van der Waals surface area contributed by atoms with E-state index in [-0.39, 0.29) is 23.2 Å². The molecular weight excluding hydrogens is 272 g/mol. The minimum atomic E-state index is -0.551. The number of likely N-dealkylation sites (tertiary alicyclic amines) is 1. The SMILES string of the molecule is CCC1CCCCN1C(=O)c1cc(NC)ncc1[N+](=O)[O-]. The van der Waals surface area contributed by atoms with E-state index in [9.17, 15) is 14.9 Å². The van der Waals surface area contributed by atoms with Crippen LogP contribution in [0.1, 0.15) is 43.0 Å². The van der Waals surface area contributed by atoms with Gasteiger partial charge in [0, 0.05) is 25.7 Å². The van der Waals surface area contributed by atoms with Gasteiger partial charge >= 0.3 is 0 Å². The van der Waals surface area contributed by atoms with Crippen molar-refractivity contribution in [2.24, 2.45) is 0 Å². The number of nitrogens with zero attached hydrogens (tertiary/aromatic N) is 3. The molecule has 0 saturated carbocycles. The molecule has 1 amide bonds. The van der Waals surface area contributed by atoms with Gasteiger partial charge in [0.15, 0.2) is 0 Å². The molecule has 0 spiro atoms. The zero-order valence-electron chi connectivity index (χ0n) is 12.3. The van der Waals surface area contributed by atoms with Crippen molar-refractivity contribution in [1.82, 2.24) is 9.88 Å². The van der Waals surface area contributed by atoms with Crippen LogP contribution in [-0.4, -0.2) is 40.3 Å². The van der Waals surface area contributed by atoms with Crippen LogP contribution in [0.3, 0.4) is 0 Å². The summed E-state index contributed by atoms with van der Waals surface area (Å²) in [6.45, 7) is 2.70. The van der Waals surface area contributed by atoms with Crippen molar-refractivity contribution in [3.05, 3.63) is 27.9 Å². The van der Waals surface area contributed by atoms with Crippen LogP contribution in [0.15, 0.2) is 12.3 Å². The summed E-state index contributed by atoms with van der Waals surface area (Å²) in [5.41, 5.74) is -0.126. The topological polar surface area (TPSA) is 88.4 Å². The van der Waals surface area contributed by atoms with Crippen LogP contribution >= 0.6 is 0 Å². The summed E-state index contributed by atoms with van der Waals surface area (Å²) in [5.74, 6) is 0.182. The van der Waals surface area contributed by atoms with Crippen molar-refractivity contribution in [1.29, 1.82) is 0 Å². The molecule has 1 aliphatic heterocycles. The largest absolute Gasteiger partial charge is 0.373 e. The first-order chi connectivity index (χ1) is 10.1. The molecule has 0 aromatic carbocycles. The fourth-order valence-electron chi connectivity index (χ4n) is 2.75. The van der Waals surface area contributed by atoms with Gasteiger partial charge < -0.3 is 10.2 Å². The Bertz CT molecular complexity index is 547. The van der Waals surface area contributed by atoms with E-state index in [1.807, 2.05) is 6.92 Å². The Morgan fingerprint density at radius 1 is 1.57 bits per heavy atom. The normalized spacial score (nSPS) is 18.4. The molecule has 2 heterocycles. The molecule has 2 rings (SSSR count). The zero-order valence-corrected chi connectivity index (χ0v) is 12.3. The number of rotatable bonds is 4. The third-order valence-corrected chi connectivity index (χ3v) is 3.93. The molecule has 7 heteroatoms. The van der Waals surface area contributed by atoms with E-state index < -0.39 is 4.92 Å². The lowest BCUT2D eigenvalue weighted by Crippen LogP contribution is -2.43. The third-order valence-electron chi connectivity index (χ3n) is 3.93. The number of carbonyl (C=O) groups is 1. The molecule has 1 aromatic rings.